The third-order valence-corrected chi connectivity index (χ3v) is 2.51. The summed E-state index contributed by atoms with van der Waals surface area (Å²) in [6.45, 7) is 3.50. The largest absolute Gasteiger partial charge is 0.373 e. The molecule has 5 heteroatoms. The molecule has 0 aliphatic carbocycles. The normalized spacial score (nSPS) is 9.94. The molecule has 0 unspecified atom stereocenters. The van der Waals surface area contributed by atoms with Crippen LogP contribution in [0.1, 0.15) is 26.2 Å². The molecule has 0 N–H and O–H groups in total. The lowest BCUT2D eigenvalue weighted by Gasteiger charge is -2.17. The van der Waals surface area contributed by atoms with Crippen LogP contribution in [-0.4, -0.2) is 23.4 Å². The highest BCUT2D eigenvalue weighted by Gasteiger charge is 2.03. The zero-order valence-corrected chi connectivity index (χ0v) is 10.4. The second-order valence-electron chi connectivity index (χ2n) is 3.96. The minimum atomic E-state index is -0.108. The summed E-state index contributed by atoms with van der Waals surface area (Å²) in [6.07, 6.45) is 3.84. The summed E-state index contributed by atoms with van der Waals surface area (Å²) in [6, 6.07) is 3.64. The van der Waals surface area contributed by atoms with E-state index in [2.05, 4.69) is 18.1 Å². The third-order valence-electron chi connectivity index (χ3n) is 2.51. The molecule has 17 heavy (non-hydrogen) atoms. The molecule has 1 heterocycles. The van der Waals surface area contributed by atoms with E-state index in [4.69, 9.17) is 5.26 Å². The minimum absolute atomic E-state index is 0.108. The summed E-state index contributed by atoms with van der Waals surface area (Å²) >= 11 is 0. The van der Waals surface area contributed by atoms with E-state index in [1.54, 1.807) is 12.3 Å². The number of anilines is 1. The van der Waals surface area contributed by atoms with Gasteiger partial charge in [-0.3, -0.25) is 4.79 Å². The molecule has 0 aliphatic heterocycles. The van der Waals surface area contributed by atoms with Crippen molar-refractivity contribution in [1.82, 2.24) is 9.78 Å². The number of rotatable bonds is 6. The zero-order chi connectivity index (χ0) is 12.7. The van der Waals surface area contributed by atoms with Gasteiger partial charge in [-0.05, 0) is 12.8 Å². The number of nitrogens with zero attached hydrogens (tertiary/aromatic N) is 4. The van der Waals surface area contributed by atoms with Crippen LogP contribution in [0.2, 0.25) is 0 Å². The number of hydrogen-bond acceptors (Lipinski definition) is 4. The quantitative estimate of drug-likeness (QED) is 0.698. The molecule has 0 spiro atoms. The predicted octanol–water partition coefficient (Wildman–Crippen LogP) is 1.39. The van der Waals surface area contributed by atoms with E-state index >= 15 is 0 Å². The van der Waals surface area contributed by atoms with Crippen LogP contribution in [0.25, 0.3) is 0 Å². The lowest BCUT2D eigenvalue weighted by molar-refractivity contribution is 0.553. The van der Waals surface area contributed by atoms with E-state index in [0.717, 1.165) is 18.7 Å². The first kappa shape index (κ1) is 13.2. The van der Waals surface area contributed by atoms with Gasteiger partial charge in [0.1, 0.15) is 0 Å². The Morgan fingerprint density at radius 3 is 2.94 bits per heavy atom. The Balaban J connectivity index is 2.73. The highest BCUT2D eigenvalue weighted by atomic mass is 16.1. The highest BCUT2D eigenvalue weighted by molar-refractivity contribution is 5.41. The number of nitriles is 1. The van der Waals surface area contributed by atoms with Crippen molar-refractivity contribution in [2.75, 3.05) is 18.5 Å². The molecule has 0 fully saturated rings. The van der Waals surface area contributed by atoms with Crippen molar-refractivity contribution < 1.29 is 0 Å². The Bertz CT molecular complexity index is 447. The van der Waals surface area contributed by atoms with Crippen molar-refractivity contribution in [3.8, 4) is 6.07 Å². The topological polar surface area (TPSA) is 61.9 Å². The number of hydrogen-bond donors (Lipinski definition) is 0. The lowest BCUT2D eigenvalue weighted by Crippen LogP contribution is -2.26. The first-order valence-corrected chi connectivity index (χ1v) is 5.84. The fraction of sp³-hybridized carbons (Fsp3) is 0.583. The van der Waals surface area contributed by atoms with Crippen molar-refractivity contribution in [3.05, 3.63) is 22.6 Å². The van der Waals surface area contributed by atoms with Crippen molar-refractivity contribution in [1.29, 1.82) is 5.26 Å². The smallest absolute Gasteiger partial charge is 0.268 e. The van der Waals surface area contributed by atoms with Gasteiger partial charge < -0.3 is 4.90 Å². The molecule has 0 radical (unpaired) electrons. The van der Waals surface area contributed by atoms with Crippen molar-refractivity contribution >= 4 is 5.69 Å². The fourth-order valence-corrected chi connectivity index (χ4v) is 1.57. The molecule has 0 saturated carbocycles. The van der Waals surface area contributed by atoms with Crippen LogP contribution in [-0.2, 0) is 6.54 Å². The van der Waals surface area contributed by atoms with Crippen LogP contribution >= 0.6 is 0 Å². The molecule has 1 aromatic heterocycles. The molecule has 5 nitrogen and oxygen atoms in total. The molecule has 0 amide bonds. The number of aryl methyl sites for hydroxylation is 1. The molecule has 0 aromatic carbocycles. The summed E-state index contributed by atoms with van der Waals surface area (Å²) in [5.41, 5.74) is 0.733. The molecule has 1 aromatic rings. The molecule has 0 bridgehead atoms. The second-order valence-corrected chi connectivity index (χ2v) is 3.96. The SMILES string of the molecule is CCCN(C)c1cnn(CCCC#N)c(=O)c1. The van der Waals surface area contributed by atoms with Gasteiger partial charge in [-0.15, -0.1) is 0 Å². The van der Waals surface area contributed by atoms with Gasteiger partial charge in [0.2, 0.25) is 0 Å². The summed E-state index contributed by atoms with van der Waals surface area (Å²) < 4.78 is 1.40. The average molecular weight is 234 g/mol. The molecular formula is C12H18N4O. The highest BCUT2D eigenvalue weighted by Crippen LogP contribution is 2.07. The van der Waals surface area contributed by atoms with E-state index in [0.29, 0.717) is 19.4 Å². The van der Waals surface area contributed by atoms with Gasteiger partial charge >= 0.3 is 0 Å². The fourth-order valence-electron chi connectivity index (χ4n) is 1.57. The van der Waals surface area contributed by atoms with Gasteiger partial charge in [0.15, 0.2) is 0 Å². The Hall–Kier alpha value is -1.83. The van der Waals surface area contributed by atoms with Crippen LogP contribution in [0, 0.1) is 11.3 Å². The van der Waals surface area contributed by atoms with Gasteiger partial charge in [-0.25, -0.2) is 4.68 Å². The van der Waals surface area contributed by atoms with Crippen LogP contribution < -0.4 is 10.5 Å². The van der Waals surface area contributed by atoms with Crippen LogP contribution in [0.5, 0.6) is 0 Å². The van der Waals surface area contributed by atoms with E-state index in [-0.39, 0.29) is 5.56 Å². The van der Waals surface area contributed by atoms with Crippen molar-refractivity contribution in [2.45, 2.75) is 32.7 Å². The Morgan fingerprint density at radius 2 is 2.35 bits per heavy atom. The molecule has 0 aliphatic rings. The number of unbranched alkanes of at least 4 members (excludes halogenated alkanes) is 1. The zero-order valence-electron chi connectivity index (χ0n) is 10.4. The number of aromatic nitrogens is 2. The maximum absolute atomic E-state index is 11.7. The maximum atomic E-state index is 11.7. The summed E-state index contributed by atoms with van der Waals surface area (Å²) in [5, 5.41) is 12.5. The third kappa shape index (κ3) is 3.91. The Labute approximate surface area is 101 Å². The van der Waals surface area contributed by atoms with Gasteiger partial charge in [0.25, 0.3) is 5.56 Å². The standard InChI is InChI=1S/C12H18N4O/c1-3-7-15(2)11-9-12(17)16(14-10-11)8-5-4-6-13/h9-10H,3-5,7-8H2,1-2H3. The van der Waals surface area contributed by atoms with Gasteiger partial charge in [0.05, 0.1) is 18.0 Å². The van der Waals surface area contributed by atoms with E-state index in [9.17, 15) is 4.79 Å². The monoisotopic (exact) mass is 234 g/mol. The maximum Gasteiger partial charge on any atom is 0.268 e. The summed E-state index contributed by atoms with van der Waals surface area (Å²) in [4.78, 5) is 13.7. The Kier molecular flexibility index (Phi) is 5.21. The van der Waals surface area contributed by atoms with Crippen molar-refractivity contribution in [2.24, 2.45) is 0 Å². The van der Waals surface area contributed by atoms with Gasteiger partial charge in [-0.2, -0.15) is 10.4 Å². The second kappa shape index (κ2) is 6.69. The van der Waals surface area contributed by atoms with E-state index in [1.807, 2.05) is 11.9 Å². The molecule has 0 atom stereocenters. The molecular weight excluding hydrogens is 216 g/mol. The van der Waals surface area contributed by atoms with Gasteiger partial charge in [0, 0.05) is 32.6 Å². The van der Waals surface area contributed by atoms with Crippen LogP contribution in [0.4, 0.5) is 5.69 Å². The van der Waals surface area contributed by atoms with E-state index < -0.39 is 0 Å². The molecule has 0 saturated heterocycles. The summed E-state index contributed by atoms with van der Waals surface area (Å²) in [7, 11) is 1.94. The first-order valence-electron chi connectivity index (χ1n) is 5.84. The summed E-state index contributed by atoms with van der Waals surface area (Å²) in [5.74, 6) is 0. The van der Waals surface area contributed by atoms with Crippen LogP contribution in [0.15, 0.2) is 17.1 Å². The van der Waals surface area contributed by atoms with Crippen LogP contribution in [0.3, 0.4) is 0 Å². The minimum Gasteiger partial charge on any atom is -0.373 e. The Morgan fingerprint density at radius 1 is 1.59 bits per heavy atom. The predicted molar refractivity (Wildman–Crippen MR) is 66.9 cm³/mol. The first-order chi connectivity index (χ1) is 8.19. The average Bonchev–Trinajstić information content (AvgIpc) is 2.31. The van der Waals surface area contributed by atoms with Crippen molar-refractivity contribution in [3.63, 3.8) is 0 Å². The lowest BCUT2D eigenvalue weighted by atomic mass is 10.3. The van der Waals surface area contributed by atoms with Gasteiger partial charge in [-0.1, -0.05) is 6.92 Å². The van der Waals surface area contributed by atoms with E-state index in [1.165, 1.54) is 4.68 Å². The molecule has 92 valence electrons. The molecule has 1 rings (SSSR count).